The van der Waals surface area contributed by atoms with Gasteiger partial charge in [-0.2, -0.15) is 0 Å². The average Bonchev–Trinajstić information content (AvgIpc) is 3.12. The quantitative estimate of drug-likeness (QED) is 0.795. The molecule has 0 bridgehead atoms. The lowest BCUT2D eigenvalue weighted by atomic mass is 10.1. The maximum Gasteiger partial charge on any atom is 0.338 e. The molecule has 1 aromatic rings. The number of aromatic nitrogens is 1. The van der Waals surface area contributed by atoms with Crippen LogP contribution < -0.4 is 5.32 Å². The second-order valence-corrected chi connectivity index (χ2v) is 4.65. The topological polar surface area (TPSA) is 51.2 Å². The number of ether oxygens (including phenoxy) is 1. The zero-order valence-corrected chi connectivity index (χ0v) is 10.3. The molecule has 2 rings (SSSR count). The second-order valence-electron chi connectivity index (χ2n) is 4.65. The van der Waals surface area contributed by atoms with Gasteiger partial charge < -0.3 is 10.1 Å². The van der Waals surface area contributed by atoms with Crippen molar-refractivity contribution < 1.29 is 9.53 Å². The van der Waals surface area contributed by atoms with Crippen LogP contribution >= 0.6 is 0 Å². The van der Waals surface area contributed by atoms with E-state index in [0.717, 1.165) is 11.7 Å². The number of nitrogens with zero attached hydrogens (tertiary/aromatic N) is 1. The fourth-order valence-corrected chi connectivity index (χ4v) is 1.92. The van der Waals surface area contributed by atoms with Crippen LogP contribution in [0.4, 0.5) is 5.82 Å². The van der Waals surface area contributed by atoms with Crippen molar-refractivity contribution in [1.82, 2.24) is 4.98 Å². The van der Waals surface area contributed by atoms with Gasteiger partial charge in [0.05, 0.1) is 12.7 Å². The Labute approximate surface area is 101 Å². The van der Waals surface area contributed by atoms with E-state index in [1.54, 1.807) is 18.3 Å². The lowest BCUT2D eigenvalue weighted by molar-refractivity contribution is 0.0600. The second kappa shape index (κ2) is 5.17. The van der Waals surface area contributed by atoms with Crippen molar-refractivity contribution in [2.24, 2.45) is 5.92 Å². The van der Waals surface area contributed by atoms with Gasteiger partial charge in [-0.25, -0.2) is 9.78 Å². The summed E-state index contributed by atoms with van der Waals surface area (Å²) in [6, 6.07) is 3.78. The summed E-state index contributed by atoms with van der Waals surface area (Å²) in [7, 11) is 1.38. The van der Waals surface area contributed by atoms with Gasteiger partial charge in [0.25, 0.3) is 0 Å². The van der Waals surface area contributed by atoms with Crippen molar-refractivity contribution in [1.29, 1.82) is 0 Å². The van der Waals surface area contributed by atoms with Crippen LogP contribution in [-0.2, 0) is 4.74 Å². The zero-order chi connectivity index (χ0) is 12.3. The number of nitrogens with one attached hydrogen (secondary N) is 1. The van der Waals surface area contributed by atoms with Crippen LogP contribution in [0.3, 0.4) is 0 Å². The Bertz CT molecular complexity index is 402. The molecule has 0 amide bonds. The summed E-state index contributed by atoms with van der Waals surface area (Å²) < 4.78 is 4.68. The van der Waals surface area contributed by atoms with Gasteiger partial charge in [0.2, 0.25) is 0 Å². The molecule has 1 aliphatic carbocycles. The molecule has 1 saturated carbocycles. The van der Waals surface area contributed by atoms with Crippen molar-refractivity contribution >= 4 is 11.8 Å². The molecule has 1 atom stereocenters. The fraction of sp³-hybridized carbons (Fsp3) is 0.538. The van der Waals surface area contributed by atoms with E-state index in [1.165, 1.54) is 26.4 Å². The Morgan fingerprint density at radius 1 is 1.65 bits per heavy atom. The first-order valence-electron chi connectivity index (χ1n) is 6.00. The molecule has 0 spiro atoms. The number of methoxy groups -OCH3 is 1. The number of rotatable bonds is 5. The van der Waals surface area contributed by atoms with Gasteiger partial charge >= 0.3 is 5.97 Å². The third-order valence-electron chi connectivity index (χ3n) is 2.96. The lowest BCUT2D eigenvalue weighted by Crippen LogP contribution is -2.17. The van der Waals surface area contributed by atoms with Gasteiger partial charge in [-0.15, -0.1) is 0 Å². The largest absolute Gasteiger partial charge is 0.465 e. The predicted molar refractivity (Wildman–Crippen MR) is 66.0 cm³/mol. The van der Waals surface area contributed by atoms with E-state index in [4.69, 9.17) is 0 Å². The first kappa shape index (κ1) is 11.9. The SMILES string of the molecule is COC(=O)c1ccnc(NC(C)CC2CC2)c1. The summed E-state index contributed by atoms with van der Waals surface area (Å²) >= 11 is 0. The minimum atomic E-state index is -0.328. The first-order chi connectivity index (χ1) is 8.19. The van der Waals surface area contributed by atoms with E-state index in [0.29, 0.717) is 11.6 Å². The van der Waals surface area contributed by atoms with Crippen molar-refractivity contribution in [3.8, 4) is 0 Å². The van der Waals surface area contributed by atoms with Crippen LogP contribution in [0.1, 0.15) is 36.5 Å². The highest BCUT2D eigenvalue weighted by molar-refractivity contribution is 5.89. The number of pyridine rings is 1. The molecular weight excluding hydrogens is 216 g/mol. The summed E-state index contributed by atoms with van der Waals surface area (Å²) in [5.74, 6) is 1.28. The monoisotopic (exact) mass is 234 g/mol. The van der Waals surface area contributed by atoms with E-state index in [-0.39, 0.29) is 5.97 Å². The molecule has 1 N–H and O–H groups in total. The Balaban J connectivity index is 1.97. The molecule has 1 heterocycles. The van der Waals surface area contributed by atoms with Crippen molar-refractivity contribution in [2.45, 2.75) is 32.2 Å². The Hall–Kier alpha value is -1.58. The summed E-state index contributed by atoms with van der Waals surface area (Å²) in [4.78, 5) is 15.6. The van der Waals surface area contributed by atoms with Gasteiger partial charge in [-0.05, 0) is 31.4 Å². The molecule has 4 heteroatoms. The molecule has 1 fully saturated rings. The highest BCUT2D eigenvalue weighted by Crippen LogP contribution is 2.33. The lowest BCUT2D eigenvalue weighted by Gasteiger charge is -2.14. The molecular formula is C13H18N2O2. The fourth-order valence-electron chi connectivity index (χ4n) is 1.92. The summed E-state index contributed by atoms with van der Waals surface area (Å²) in [5, 5.41) is 3.31. The third-order valence-corrected chi connectivity index (χ3v) is 2.96. The summed E-state index contributed by atoms with van der Waals surface area (Å²) in [6.45, 7) is 2.14. The van der Waals surface area contributed by atoms with Gasteiger partial charge in [-0.1, -0.05) is 12.8 Å². The van der Waals surface area contributed by atoms with Gasteiger partial charge in [0.1, 0.15) is 5.82 Å². The molecule has 1 unspecified atom stereocenters. The van der Waals surface area contributed by atoms with Gasteiger partial charge in [0.15, 0.2) is 0 Å². The zero-order valence-electron chi connectivity index (χ0n) is 10.3. The third kappa shape index (κ3) is 3.44. The van der Waals surface area contributed by atoms with E-state index in [2.05, 4.69) is 22.0 Å². The molecule has 1 aliphatic rings. The summed E-state index contributed by atoms with van der Waals surface area (Å²) in [6.07, 6.45) is 5.49. The van der Waals surface area contributed by atoms with Crippen LogP contribution in [0, 0.1) is 5.92 Å². The van der Waals surface area contributed by atoms with Gasteiger partial charge in [0, 0.05) is 12.2 Å². The standard InChI is InChI=1S/C13H18N2O2/c1-9(7-10-3-4-10)15-12-8-11(5-6-14-12)13(16)17-2/h5-6,8-10H,3-4,7H2,1-2H3,(H,14,15). The molecule has 0 saturated heterocycles. The molecule has 1 aromatic heterocycles. The average molecular weight is 234 g/mol. The molecule has 0 aliphatic heterocycles. The maximum atomic E-state index is 11.4. The minimum Gasteiger partial charge on any atom is -0.465 e. The van der Waals surface area contributed by atoms with E-state index >= 15 is 0 Å². The number of carbonyl (C=O) groups is 1. The number of hydrogen-bond acceptors (Lipinski definition) is 4. The van der Waals surface area contributed by atoms with E-state index in [9.17, 15) is 4.79 Å². The van der Waals surface area contributed by atoms with Crippen molar-refractivity contribution in [3.05, 3.63) is 23.9 Å². The number of hydrogen-bond donors (Lipinski definition) is 1. The van der Waals surface area contributed by atoms with Crippen LogP contribution in [0.5, 0.6) is 0 Å². The van der Waals surface area contributed by atoms with Crippen molar-refractivity contribution in [2.75, 3.05) is 12.4 Å². The van der Waals surface area contributed by atoms with Crippen LogP contribution in [0.15, 0.2) is 18.3 Å². The Morgan fingerprint density at radius 3 is 3.06 bits per heavy atom. The van der Waals surface area contributed by atoms with E-state index in [1.807, 2.05) is 0 Å². The Morgan fingerprint density at radius 2 is 2.41 bits per heavy atom. The minimum absolute atomic E-state index is 0.328. The van der Waals surface area contributed by atoms with E-state index < -0.39 is 0 Å². The summed E-state index contributed by atoms with van der Waals surface area (Å²) in [5.41, 5.74) is 0.531. The Kier molecular flexibility index (Phi) is 3.61. The van der Waals surface area contributed by atoms with Crippen LogP contribution in [-0.4, -0.2) is 24.1 Å². The smallest absolute Gasteiger partial charge is 0.338 e. The van der Waals surface area contributed by atoms with Gasteiger partial charge in [-0.3, -0.25) is 0 Å². The van der Waals surface area contributed by atoms with Crippen molar-refractivity contribution in [3.63, 3.8) is 0 Å². The number of carbonyl (C=O) groups excluding carboxylic acids is 1. The highest BCUT2D eigenvalue weighted by atomic mass is 16.5. The molecule has 92 valence electrons. The first-order valence-corrected chi connectivity index (χ1v) is 6.00. The molecule has 0 radical (unpaired) electrons. The highest BCUT2D eigenvalue weighted by Gasteiger charge is 2.23. The molecule has 0 aromatic carbocycles. The number of esters is 1. The van der Waals surface area contributed by atoms with Crippen LogP contribution in [0.2, 0.25) is 0 Å². The predicted octanol–water partition coefficient (Wildman–Crippen LogP) is 2.47. The normalized spacial score (nSPS) is 16.4. The molecule has 17 heavy (non-hydrogen) atoms. The maximum absolute atomic E-state index is 11.4. The molecule has 4 nitrogen and oxygen atoms in total. The van der Waals surface area contributed by atoms with Crippen LogP contribution in [0.25, 0.3) is 0 Å². The number of anilines is 1.